The Morgan fingerprint density at radius 2 is 2.38 bits per heavy atom. The van der Waals surface area contributed by atoms with Gasteiger partial charge in [0.2, 0.25) is 6.08 Å². The zero-order valence-corrected chi connectivity index (χ0v) is 8.71. The van der Waals surface area contributed by atoms with Crippen LogP contribution in [0.4, 0.5) is 0 Å². The van der Waals surface area contributed by atoms with E-state index in [1.165, 1.54) is 0 Å². The first-order chi connectivity index (χ1) is 6.18. The molecule has 13 heavy (non-hydrogen) atoms. The number of nitrogens with zero attached hydrogens (tertiary/aromatic N) is 1. The summed E-state index contributed by atoms with van der Waals surface area (Å²) in [5.41, 5.74) is -0.260. The maximum Gasteiger partial charge on any atom is 0.235 e. The molecule has 1 aromatic heterocycles. The summed E-state index contributed by atoms with van der Waals surface area (Å²) in [4.78, 5) is 16.2. The number of aryl methyl sites for hydroxylation is 1. The predicted octanol–water partition coefficient (Wildman–Crippen LogP) is 3.03. The van der Waals surface area contributed by atoms with Crippen LogP contribution in [0.1, 0.15) is 22.6 Å². The number of hydrogen-bond acceptors (Lipinski definition) is 3. The van der Waals surface area contributed by atoms with Crippen molar-refractivity contribution in [2.24, 2.45) is 4.99 Å². The predicted molar refractivity (Wildman–Crippen MR) is 53.1 cm³/mol. The molecule has 1 aliphatic carbocycles. The second-order valence-corrected chi connectivity index (χ2v) is 4.91. The first-order valence-electron chi connectivity index (χ1n) is 4.03. The normalized spacial score (nSPS) is 18.0. The van der Waals surface area contributed by atoms with Gasteiger partial charge in [0.05, 0.1) is 5.02 Å². The highest BCUT2D eigenvalue weighted by Crippen LogP contribution is 2.52. The van der Waals surface area contributed by atoms with Gasteiger partial charge in [0.1, 0.15) is 5.54 Å². The van der Waals surface area contributed by atoms with E-state index in [2.05, 4.69) is 4.99 Å². The molecule has 2 rings (SSSR count). The maximum atomic E-state index is 10.2. The van der Waals surface area contributed by atoms with Gasteiger partial charge in [-0.25, -0.2) is 4.79 Å². The Morgan fingerprint density at radius 1 is 1.69 bits per heavy atom. The monoisotopic (exact) mass is 213 g/mol. The lowest BCUT2D eigenvalue weighted by molar-refractivity contribution is 0.557. The first-order valence-corrected chi connectivity index (χ1v) is 5.23. The Hall–Kier alpha value is -0.630. The molecule has 0 N–H and O–H groups in total. The number of isocyanates is 1. The van der Waals surface area contributed by atoms with Crippen molar-refractivity contribution in [1.29, 1.82) is 0 Å². The summed E-state index contributed by atoms with van der Waals surface area (Å²) >= 11 is 7.55. The third-order valence-corrected chi connectivity index (χ3v) is 4.05. The fourth-order valence-corrected chi connectivity index (χ4v) is 2.70. The fraction of sp³-hybridized carbons (Fsp3) is 0.444. The van der Waals surface area contributed by atoms with Crippen LogP contribution in [0.25, 0.3) is 0 Å². The van der Waals surface area contributed by atoms with Gasteiger partial charge < -0.3 is 0 Å². The SMILES string of the molecule is Cc1sc(C2(N=C=O)CC2)cc1Cl. The highest BCUT2D eigenvalue weighted by molar-refractivity contribution is 7.12. The fourth-order valence-electron chi connectivity index (χ4n) is 1.31. The van der Waals surface area contributed by atoms with Crippen LogP contribution in [-0.2, 0) is 10.3 Å². The van der Waals surface area contributed by atoms with Crippen LogP contribution in [0.15, 0.2) is 11.1 Å². The highest BCUT2D eigenvalue weighted by atomic mass is 35.5. The maximum absolute atomic E-state index is 10.2. The molecule has 1 fully saturated rings. The number of rotatable bonds is 2. The van der Waals surface area contributed by atoms with E-state index in [0.717, 1.165) is 27.6 Å². The van der Waals surface area contributed by atoms with Gasteiger partial charge in [-0.15, -0.1) is 11.3 Å². The van der Waals surface area contributed by atoms with Crippen molar-refractivity contribution in [3.63, 3.8) is 0 Å². The zero-order chi connectivity index (χ0) is 9.47. The van der Waals surface area contributed by atoms with Crippen LogP contribution in [0.5, 0.6) is 0 Å². The molecule has 0 amide bonds. The Labute approximate surface area is 85.3 Å². The van der Waals surface area contributed by atoms with Crippen LogP contribution in [0.3, 0.4) is 0 Å². The Morgan fingerprint density at radius 3 is 2.77 bits per heavy atom. The minimum atomic E-state index is -0.260. The molecule has 1 saturated carbocycles. The lowest BCUT2D eigenvalue weighted by atomic mass is 10.2. The molecule has 0 saturated heterocycles. The summed E-state index contributed by atoms with van der Waals surface area (Å²) in [7, 11) is 0. The molecule has 2 nitrogen and oxygen atoms in total. The van der Waals surface area contributed by atoms with E-state index < -0.39 is 0 Å². The molecule has 0 radical (unpaired) electrons. The lowest BCUT2D eigenvalue weighted by Gasteiger charge is -2.01. The van der Waals surface area contributed by atoms with Crippen molar-refractivity contribution in [3.8, 4) is 0 Å². The number of hydrogen-bond donors (Lipinski definition) is 0. The van der Waals surface area contributed by atoms with E-state index in [4.69, 9.17) is 11.6 Å². The average Bonchev–Trinajstić information content (AvgIpc) is 2.78. The minimum absolute atomic E-state index is 0.260. The molecule has 0 aromatic carbocycles. The smallest absolute Gasteiger partial charge is 0.211 e. The number of aliphatic imine (C=N–C) groups is 1. The van der Waals surface area contributed by atoms with Gasteiger partial charge in [0.15, 0.2) is 0 Å². The van der Waals surface area contributed by atoms with Crippen molar-refractivity contribution in [3.05, 3.63) is 20.8 Å². The molecular weight excluding hydrogens is 206 g/mol. The molecule has 1 aromatic rings. The van der Waals surface area contributed by atoms with E-state index >= 15 is 0 Å². The number of carbonyl (C=O) groups excluding carboxylic acids is 1. The zero-order valence-electron chi connectivity index (χ0n) is 7.13. The standard InChI is InChI=1S/C9H8ClNOS/c1-6-7(10)4-8(13-6)9(2-3-9)11-5-12/h4H,2-3H2,1H3. The summed E-state index contributed by atoms with van der Waals surface area (Å²) in [6.07, 6.45) is 3.52. The van der Waals surface area contributed by atoms with Crippen LogP contribution in [0.2, 0.25) is 5.02 Å². The molecule has 0 unspecified atom stereocenters. The van der Waals surface area contributed by atoms with Crippen molar-refractivity contribution in [1.82, 2.24) is 0 Å². The van der Waals surface area contributed by atoms with Gasteiger partial charge in [-0.2, -0.15) is 4.99 Å². The number of thiophene rings is 1. The molecule has 68 valence electrons. The highest BCUT2D eigenvalue weighted by Gasteiger charge is 2.46. The van der Waals surface area contributed by atoms with E-state index in [-0.39, 0.29) is 5.54 Å². The van der Waals surface area contributed by atoms with Gasteiger partial charge in [0, 0.05) is 9.75 Å². The molecule has 0 bridgehead atoms. The van der Waals surface area contributed by atoms with Crippen LogP contribution < -0.4 is 0 Å². The van der Waals surface area contributed by atoms with Gasteiger partial charge in [-0.1, -0.05) is 11.6 Å². The van der Waals surface area contributed by atoms with Crippen molar-refractivity contribution in [2.45, 2.75) is 25.3 Å². The second-order valence-electron chi connectivity index (χ2n) is 3.25. The summed E-state index contributed by atoms with van der Waals surface area (Å²) in [6.45, 7) is 1.97. The van der Waals surface area contributed by atoms with Gasteiger partial charge in [0.25, 0.3) is 0 Å². The molecule has 0 aliphatic heterocycles. The van der Waals surface area contributed by atoms with Crippen LogP contribution >= 0.6 is 22.9 Å². The molecule has 1 heterocycles. The Kier molecular flexibility index (Phi) is 2.03. The van der Waals surface area contributed by atoms with E-state index in [1.54, 1.807) is 17.4 Å². The number of halogens is 1. The topological polar surface area (TPSA) is 29.4 Å². The third kappa shape index (κ3) is 1.44. The largest absolute Gasteiger partial charge is 0.235 e. The van der Waals surface area contributed by atoms with Gasteiger partial charge >= 0.3 is 0 Å². The Balaban J connectivity index is 2.40. The molecule has 4 heteroatoms. The average molecular weight is 214 g/mol. The summed E-state index contributed by atoms with van der Waals surface area (Å²) in [5, 5.41) is 0.771. The molecule has 0 spiro atoms. The quantitative estimate of drug-likeness (QED) is 0.549. The van der Waals surface area contributed by atoms with E-state index in [1.807, 2.05) is 13.0 Å². The lowest BCUT2D eigenvalue weighted by Crippen LogP contribution is -1.97. The summed E-state index contributed by atoms with van der Waals surface area (Å²) in [5.74, 6) is 0. The minimum Gasteiger partial charge on any atom is -0.211 e. The Bertz CT molecular complexity index is 369. The summed E-state index contributed by atoms with van der Waals surface area (Å²) < 4.78 is 0. The molecule has 0 atom stereocenters. The molecular formula is C9H8ClNOS. The van der Waals surface area contributed by atoms with Gasteiger partial charge in [-0.05, 0) is 25.8 Å². The van der Waals surface area contributed by atoms with Crippen molar-refractivity contribution in [2.75, 3.05) is 0 Å². The third-order valence-electron chi connectivity index (χ3n) is 2.30. The van der Waals surface area contributed by atoms with Crippen molar-refractivity contribution < 1.29 is 4.79 Å². The van der Waals surface area contributed by atoms with E-state index in [0.29, 0.717) is 0 Å². The molecule has 1 aliphatic rings. The second kappa shape index (κ2) is 2.95. The van der Waals surface area contributed by atoms with Crippen molar-refractivity contribution >= 4 is 29.0 Å². The summed E-state index contributed by atoms with van der Waals surface area (Å²) in [6, 6.07) is 1.91. The first kappa shape index (κ1) is 8.95. The van der Waals surface area contributed by atoms with Gasteiger partial charge in [-0.3, -0.25) is 0 Å². The van der Waals surface area contributed by atoms with Crippen LogP contribution in [0, 0.1) is 6.92 Å². The van der Waals surface area contributed by atoms with Crippen LogP contribution in [-0.4, -0.2) is 6.08 Å². The van der Waals surface area contributed by atoms with E-state index in [9.17, 15) is 4.79 Å².